The smallest absolute Gasteiger partial charge is 0.416 e. The summed E-state index contributed by atoms with van der Waals surface area (Å²) in [7, 11) is -3.91. The van der Waals surface area contributed by atoms with Gasteiger partial charge in [-0.2, -0.15) is 13.2 Å². The zero-order valence-corrected chi connectivity index (χ0v) is 13.0. The van der Waals surface area contributed by atoms with Crippen molar-refractivity contribution < 1.29 is 31.5 Å². The van der Waals surface area contributed by atoms with Crippen LogP contribution in [-0.2, 0) is 21.0 Å². The van der Waals surface area contributed by atoms with Crippen LogP contribution in [0.15, 0.2) is 18.2 Å². The van der Waals surface area contributed by atoms with Gasteiger partial charge in [0.25, 0.3) is 0 Å². The second kappa shape index (κ2) is 6.74. The molecule has 0 radical (unpaired) electrons. The van der Waals surface area contributed by atoms with Crippen LogP contribution in [0.1, 0.15) is 18.4 Å². The van der Waals surface area contributed by atoms with Crippen molar-refractivity contribution in [2.45, 2.75) is 19.0 Å². The van der Waals surface area contributed by atoms with E-state index in [1.54, 1.807) is 0 Å². The van der Waals surface area contributed by atoms with Gasteiger partial charge in [0.05, 0.1) is 22.5 Å². The summed E-state index contributed by atoms with van der Waals surface area (Å²) in [5.41, 5.74) is -1.37. The van der Waals surface area contributed by atoms with E-state index in [9.17, 15) is 26.4 Å². The van der Waals surface area contributed by atoms with Crippen molar-refractivity contribution in [1.29, 1.82) is 0 Å². The SMILES string of the molecule is CS(=O)(=O)N(CCCC(=O)O)c1cc(C(F)(F)F)ccc1Cl. The molecule has 0 unspecified atom stereocenters. The van der Waals surface area contributed by atoms with Crippen molar-refractivity contribution >= 4 is 33.3 Å². The molecule has 1 rings (SSSR count). The Morgan fingerprint density at radius 2 is 1.95 bits per heavy atom. The highest BCUT2D eigenvalue weighted by Gasteiger charge is 2.32. The van der Waals surface area contributed by atoms with Crippen LogP contribution in [0.4, 0.5) is 18.9 Å². The number of sulfonamides is 1. The minimum Gasteiger partial charge on any atom is -0.481 e. The summed E-state index contributed by atoms with van der Waals surface area (Å²) in [4.78, 5) is 10.5. The molecule has 0 aliphatic carbocycles. The van der Waals surface area contributed by atoms with Crippen LogP contribution in [-0.4, -0.2) is 32.3 Å². The molecule has 0 bridgehead atoms. The van der Waals surface area contributed by atoms with Gasteiger partial charge in [-0.25, -0.2) is 8.42 Å². The molecule has 0 spiro atoms. The van der Waals surface area contributed by atoms with Crippen molar-refractivity contribution in [2.75, 3.05) is 17.1 Å². The van der Waals surface area contributed by atoms with Gasteiger partial charge >= 0.3 is 12.1 Å². The Labute approximate surface area is 130 Å². The molecule has 0 saturated carbocycles. The molecule has 1 N–H and O–H groups in total. The monoisotopic (exact) mass is 359 g/mol. The van der Waals surface area contributed by atoms with E-state index in [2.05, 4.69) is 0 Å². The number of carboxylic acid groups (broad SMARTS) is 1. The van der Waals surface area contributed by atoms with Gasteiger partial charge in [0.2, 0.25) is 10.0 Å². The first-order chi connectivity index (χ1) is 9.93. The van der Waals surface area contributed by atoms with E-state index in [-0.39, 0.29) is 30.1 Å². The number of carboxylic acids is 1. The first kappa shape index (κ1) is 18.6. The number of alkyl halides is 3. The molecule has 0 aliphatic rings. The lowest BCUT2D eigenvalue weighted by atomic mass is 10.2. The van der Waals surface area contributed by atoms with Crippen LogP contribution >= 0.6 is 11.6 Å². The Kier molecular flexibility index (Phi) is 5.69. The van der Waals surface area contributed by atoms with Gasteiger partial charge in [-0.15, -0.1) is 0 Å². The molecule has 0 aromatic heterocycles. The molecular formula is C12H13ClF3NO4S. The number of nitrogens with zero attached hydrogens (tertiary/aromatic N) is 1. The number of rotatable bonds is 6. The van der Waals surface area contributed by atoms with Crippen LogP contribution in [0.2, 0.25) is 5.02 Å². The summed E-state index contributed by atoms with van der Waals surface area (Å²) < 4.78 is 62.4. The van der Waals surface area contributed by atoms with Gasteiger partial charge < -0.3 is 5.11 Å². The van der Waals surface area contributed by atoms with Gasteiger partial charge in [0, 0.05) is 13.0 Å². The number of carbonyl (C=O) groups is 1. The topological polar surface area (TPSA) is 74.7 Å². The van der Waals surface area contributed by atoms with Gasteiger partial charge in [-0.3, -0.25) is 9.10 Å². The van der Waals surface area contributed by atoms with Gasteiger partial charge in [-0.1, -0.05) is 11.6 Å². The molecule has 10 heteroatoms. The lowest BCUT2D eigenvalue weighted by Gasteiger charge is -2.24. The van der Waals surface area contributed by atoms with Crippen molar-refractivity contribution in [3.63, 3.8) is 0 Å². The molecule has 0 fully saturated rings. The third-order valence-electron chi connectivity index (χ3n) is 2.69. The highest BCUT2D eigenvalue weighted by molar-refractivity contribution is 7.92. The van der Waals surface area contributed by atoms with E-state index in [4.69, 9.17) is 16.7 Å². The highest BCUT2D eigenvalue weighted by atomic mass is 35.5. The molecule has 5 nitrogen and oxygen atoms in total. The minimum absolute atomic E-state index is 0.0605. The van der Waals surface area contributed by atoms with Crippen LogP contribution in [0.3, 0.4) is 0 Å². The lowest BCUT2D eigenvalue weighted by molar-refractivity contribution is -0.138. The number of anilines is 1. The summed E-state index contributed by atoms with van der Waals surface area (Å²) in [6, 6.07) is 2.32. The molecule has 124 valence electrons. The molecule has 22 heavy (non-hydrogen) atoms. The van der Waals surface area contributed by atoms with Crippen molar-refractivity contribution in [3.05, 3.63) is 28.8 Å². The standard InChI is InChI=1S/C12H13ClF3NO4S/c1-22(20,21)17(6-2-3-11(18)19)10-7-8(12(14,15)16)4-5-9(10)13/h4-5,7H,2-3,6H2,1H3,(H,18,19). The van der Waals surface area contributed by atoms with Crippen LogP contribution in [0, 0.1) is 0 Å². The van der Waals surface area contributed by atoms with Crippen molar-refractivity contribution in [3.8, 4) is 0 Å². The van der Waals surface area contributed by atoms with E-state index >= 15 is 0 Å². The fourth-order valence-corrected chi connectivity index (χ4v) is 2.96. The molecule has 0 heterocycles. The summed E-state index contributed by atoms with van der Waals surface area (Å²) in [6.07, 6.45) is -4.22. The zero-order valence-electron chi connectivity index (χ0n) is 11.4. The van der Waals surface area contributed by atoms with Crippen LogP contribution in [0.5, 0.6) is 0 Å². The van der Waals surface area contributed by atoms with E-state index in [0.717, 1.165) is 18.4 Å². The molecule has 1 aromatic carbocycles. The van der Waals surface area contributed by atoms with Crippen LogP contribution < -0.4 is 4.31 Å². The molecule has 1 aromatic rings. The number of aliphatic carboxylic acids is 1. The molecule has 0 atom stereocenters. The van der Waals surface area contributed by atoms with Crippen LogP contribution in [0.25, 0.3) is 0 Å². The maximum Gasteiger partial charge on any atom is 0.416 e. The zero-order chi connectivity index (χ0) is 17.1. The number of hydrogen-bond donors (Lipinski definition) is 1. The molecule has 0 saturated heterocycles. The second-order valence-corrected chi connectivity index (χ2v) is 6.81. The van der Waals surface area contributed by atoms with E-state index in [1.807, 2.05) is 0 Å². The average molecular weight is 360 g/mol. The minimum atomic E-state index is -4.65. The third kappa shape index (κ3) is 5.06. The Hall–Kier alpha value is -1.48. The predicted octanol–water partition coefficient (Wildman–Crippen LogP) is 2.99. The first-order valence-corrected chi connectivity index (χ1v) is 8.22. The highest BCUT2D eigenvalue weighted by Crippen LogP contribution is 2.36. The quantitative estimate of drug-likeness (QED) is 0.847. The number of halogens is 4. The van der Waals surface area contributed by atoms with Gasteiger partial charge in [0.1, 0.15) is 0 Å². The molecule has 0 amide bonds. The molecular weight excluding hydrogens is 347 g/mol. The summed E-state index contributed by atoms with van der Waals surface area (Å²) in [6.45, 7) is -0.286. The predicted molar refractivity (Wildman–Crippen MR) is 75.5 cm³/mol. The Balaban J connectivity index is 3.22. The largest absolute Gasteiger partial charge is 0.481 e. The van der Waals surface area contributed by atoms with Crippen molar-refractivity contribution in [1.82, 2.24) is 0 Å². The number of benzene rings is 1. The van der Waals surface area contributed by atoms with Gasteiger partial charge in [0.15, 0.2) is 0 Å². The first-order valence-electron chi connectivity index (χ1n) is 5.99. The normalized spacial score (nSPS) is 12.2. The summed E-state index contributed by atoms with van der Waals surface area (Å²) in [5, 5.41) is 8.39. The van der Waals surface area contributed by atoms with E-state index in [0.29, 0.717) is 10.4 Å². The summed E-state index contributed by atoms with van der Waals surface area (Å²) in [5.74, 6) is -1.14. The Morgan fingerprint density at radius 1 is 1.36 bits per heavy atom. The average Bonchev–Trinajstić information content (AvgIpc) is 2.32. The van der Waals surface area contributed by atoms with E-state index < -0.39 is 27.7 Å². The molecule has 0 aliphatic heterocycles. The second-order valence-electron chi connectivity index (χ2n) is 4.50. The Morgan fingerprint density at radius 3 is 2.41 bits per heavy atom. The summed E-state index contributed by atoms with van der Waals surface area (Å²) >= 11 is 5.80. The fraction of sp³-hybridized carbons (Fsp3) is 0.417. The maximum atomic E-state index is 12.7. The van der Waals surface area contributed by atoms with E-state index in [1.165, 1.54) is 0 Å². The van der Waals surface area contributed by atoms with Gasteiger partial charge in [-0.05, 0) is 24.6 Å². The third-order valence-corrected chi connectivity index (χ3v) is 4.19. The van der Waals surface area contributed by atoms with Crippen molar-refractivity contribution in [2.24, 2.45) is 0 Å². The number of hydrogen-bond acceptors (Lipinski definition) is 3. The maximum absolute atomic E-state index is 12.7. The Bertz CT molecular complexity index is 661. The lowest BCUT2D eigenvalue weighted by Crippen LogP contribution is -2.31. The fourth-order valence-electron chi connectivity index (χ4n) is 1.72.